The summed E-state index contributed by atoms with van der Waals surface area (Å²) in [5, 5.41) is 5.73. The Morgan fingerprint density at radius 3 is 2.32 bits per heavy atom. The van der Waals surface area contributed by atoms with E-state index in [2.05, 4.69) is 10.6 Å². The van der Waals surface area contributed by atoms with E-state index in [9.17, 15) is 14.4 Å². The van der Waals surface area contributed by atoms with Crippen LogP contribution in [0.15, 0.2) is 78.9 Å². The molecular formula is C30H33N3O4. The van der Waals surface area contributed by atoms with Gasteiger partial charge in [-0.3, -0.25) is 9.59 Å². The van der Waals surface area contributed by atoms with Crippen molar-refractivity contribution in [1.82, 2.24) is 10.2 Å². The van der Waals surface area contributed by atoms with Gasteiger partial charge in [0.1, 0.15) is 6.04 Å². The maximum atomic E-state index is 14.0. The zero-order chi connectivity index (χ0) is 26.2. The number of hydrogen-bond acceptors (Lipinski definition) is 4. The minimum atomic E-state index is -0.768. The summed E-state index contributed by atoms with van der Waals surface area (Å²) in [7, 11) is 1.35. The number of rotatable bonds is 8. The quantitative estimate of drug-likeness (QED) is 0.442. The molecular weight excluding hydrogens is 466 g/mol. The lowest BCUT2D eigenvalue weighted by atomic mass is 9.91. The lowest BCUT2D eigenvalue weighted by Crippen LogP contribution is -2.54. The molecule has 1 aliphatic heterocycles. The first kappa shape index (κ1) is 25.9. The highest BCUT2D eigenvalue weighted by Gasteiger charge is 2.35. The third-order valence-electron chi connectivity index (χ3n) is 6.75. The van der Waals surface area contributed by atoms with Gasteiger partial charge in [-0.25, -0.2) is 4.79 Å². The van der Waals surface area contributed by atoms with Crippen LogP contribution in [-0.4, -0.2) is 42.0 Å². The number of nitrogens with one attached hydrogen (secondary N) is 2. The number of fused-ring (bicyclic) bond motifs is 1. The molecule has 4 rings (SSSR count). The summed E-state index contributed by atoms with van der Waals surface area (Å²) in [6.45, 7) is 2.35. The molecule has 7 heteroatoms. The van der Waals surface area contributed by atoms with Crippen LogP contribution < -0.4 is 10.6 Å². The van der Waals surface area contributed by atoms with Gasteiger partial charge in [0, 0.05) is 18.3 Å². The zero-order valence-electron chi connectivity index (χ0n) is 21.3. The Labute approximate surface area is 217 Å². The molecule has 2 atom stereocenters. The number of benzene rings is 3. The molecule has 0 unspecified atom stereocenters. The average molecular weight is 500 g/mol. The fourth-order valence-corrected chi connectivity index (χ4v) is 4.68. The van der Waals surface area contributed by atoms with E-state index in [0.717, 1.165) is 22.3 Å². The lowest BCUT2D eigenvalue weighted by molar-refractivity contribution is -0.145. The minimum absolute atomic E-state index is 0.0948. The number of anilines is 1. The van der Waals surface area contributed by atoms with Crippen molar-refractivity contribution >= 4 is 23.6 Å². The van der Waals surface area contributed by atoms with E-state index in [-0.39, 0.29) is 24.3 Å². The summed E-state index contributed by atoms with van der Waals surface area (Å²) in [4.78, 5) is 40.8. The van der Waals surface area contributed by atoms with Crippen molar-refractivity contribution in [1.29, 1.82) is 0 Å². The van der Waals surface area contributed by atoms with Gasteiger partial charge in [0.2, 0.25) is 5.91 Å². The molecule has 3 aromatic carbocycles. The molecule has 0 bridgehead atoms. The molecule has 2 N–H and O–H groups in total. The number of hydrogen-bond donors (Lipinski definition) is 2. The second kappa shape index (κ2) is 12.2. The van der Waals surface area contributed by atoms with Gasteiger partial charge < -0.3 is 20.3 Å². The number of carbonyl (C=O) groups is 3. The van der Waals surface area contributed by atoms with Crippen LogP contribution in [0.2, 0.25) is 0 Å². The Morgan fingerprint density at radius 2 is 1.62 bits per heavy atom. The minimum Gasteiger partial charge on any atom is -0.469 e. The number of nitrogens with zero attached hydrogens (tertiary/aromatic N) is 1. The predicted octanol–water partition coefficient (Wildman–Crippen LogP) is 4.63. The number of methoxy groups -OCH3 is 1. The second-order valence-corrected chi connectivity index (χ2v) is 9.41. The van der Waals surface area contributed by atoms with Crippen LogP contribution in [0.3, 0.4) is 0 Å². The highest BCUT2D eigenvalue weighted by atomic mass is 16.5. The highest BCUT2D eigenvalue weighted by molar-refractivity contribution is 5.94. The van der Waals surface area contributed by atoms with Crippen molar-refractivity contribution in [3.8, 4) is 0 Å². The molecule has 3 aromatic rings. The molecule has 0 aliphatic carbocycles. The second-order valence-electron chi connectivity index (χ2n) is 9.41. The van der Waals surface area contributed by atoms with Gasteiger partial charge in [-0.15, -0.1) is 0 Å². The van der Waals surface area contributed by atoms with Crippen molar-refractivity contribution in [2.45, 2.75) is 51.2 Å². The molecule has 1 aliphatic rings. The molecule has 0 aromatic heterocycles. The lowest BCUT2D eigenvalue weighted by Gasteiger charge is -2.38. The number of urea groups is 1. The molecule has 0 fully saturated rings. The van der Waals surface area contributed by atoms with Crippen molar-refractivity contribution < 1.29 is 19.1 Å². The van der Waals surface area contributed by atoms with Crippen LogP contribution in [0.1, 0.15) is 35.1 Å². The molecule has 0 saturated carbocycles. The van der Waals surface area contributed by atoms with Crippen LogP contribution >= 0.6 is 0 Å². The number of ether oxygens (including phenoxy) is 1. The Hall–Kier alpha value is -4.13. The standard InChI is InChI=1S/C30H33N3O4/c1-21-12-15-25(16-13-21)31-30(36)32-27(17-14-22-8-4-3-5-9-22)29(35)33-20-24-11-7-6-10-23(24)18-26(33)19-28(34)37-2/h3-13,15-16,26-27H,14,17-20H2,1-2H3,(H2,31,32,36)/t26-,27+/m1/s1. The first-order chi connectivity index (χ1) is 17.9. The number of aryl methyl sites for hydroxylation is 2. The van der Waals surface area contributed by atoms with Gasteiger partial charge >= 0.3 is 12.0 Å². The van der Waals surface area contributed by atoms with Crippen LogP contribution in [-0.2, 0) is 33.7 Å². The number of amides is 3. The van der Waals surface area contributed by atoms with Gasteiger partial charge in [-0.05, 0) is 55.0 Å². The Kier molecular flexibility index (Phi) is 8.56. The molecule has 37 heavy (non-hydrogen) atoms. The molecule has 192 valence electrons. The van der Waals surface area contributed by atoms with Gasteiger partial charge in [0.15, 0.2) is 0 Å². The fraction of sp³-hybridized carbons (Fsp3) is 0.300. The maximum Gasteiger partial charge on any atom is 0.319 e. The summed E-state index contributed by atoms with van der Waals surface area (Å²) in [5.41, 5.74) is 4.97. The summed E-state index contributed by atoms with van der Waals surface area (Å²) in [6, 6.07) is 23.7. The van der Waals surface area contributed by atoms with Gasteiger partial charge in [-0.1, -0.05) is 72.3 Å². The Balaban J connectivity index is 1.55. The molecule has 7 nitrogen and oxygen atoms in total. The van der Waals surface area contributed by atoms with Crippen molar-refractivity contribution in [3.05, 3.63) is 101 Å². The number of esters is 1. The SMILES string of the molecule is COC(=O)C[C@H]1Cc2ccccc2CN1C(=O)[C@H](CCc1ccccc1)NC(=O)Nc1ccc(C)cc1. The van der Waals surface area contributed by atoms with Gasteiger partial charge in [0.25, 0.3) is 0 Å². The zero-order valence-corrected chi connectivity index (χ0v) is 21.3. The van der Waals surface area contributed by atoms with Crippen molar-refractivity contribution in [3.63, 3.8) is 0 Å². The first-order valence-corrected chi connectivity index (χ1v) is 12.5. The summed E-state index contributed by atoms with van der Waals surface area (Å²) in [5.74, 6) is -0.577. The van der Waals surface area contributed by atoms with E-state index in [4.69, 9.17) is 4.74 Å². The van der Waals surface area contributed by atoms with E-state index >= 15 is 0 Å². The number of carbonyl (C=O) groups excluding carboxylic acids is 3. The van der Waals surface area contributed by atoms with E-state index in [1.807, 2.05) is 85.8 Å². The molecule has 1 heterocycles. The normalized spacial score (nSPS) is 15.3. The van der Waals surface area contributed by atoms with Crippen LogP contribution in [0.5, 0.6) is 0 Å². The molecule has 0 spiro atoms. The van der Waals surface area contributed by atoms with Crippen LogP contribution in [0.25, 0.3) is 0 Å². The third kappa shape index (κ3) is 6.97. The monoisotopic (exact) mass is 499 g/mol. The topological polar surface area (TPSA) is 87.7 Å². The predicted molar refractivity (Wildman–Crippen MR) is 143 cm³/mol. The van der Waals surface area contributed by atoms with E-state index in [1.165, 1.54) is 7.11 Å². The maximum absolute atomic E-state index is 14.0. The van der Waals surface area contributed by atoms with Crippen LogP contribution in [0.4, 0.5) is 10.5 Å². The van der Waals surface area contributed by atoms with Crippen molar-refractivity contribution in [2.75, 3.05) is 12.4 Å². The summed E-state index contributed by atoms with van der Waals surface area (Å²) < 4.78 is 4.92. The summed E-state index contributed by atoms with van der Waals surface area (Å²) >= 11 is 0. The first-order valence-electron chi connectivity index (χ1n) is 12.5. The summed E-state index contributed by atoms with van der Waals surface area (Å²) in [6.07, 6.45) is 1.69. The van der Waals surface area contributed by atoms with Crippen molar-refractivity contribution in [2.24, 2.45) is 0 Å². The molecule has 0 radical (unpaired) electrons. The van der Waals surface area contributed by atoms with Gasteiger partial charge in [0.05, 0.1) is 13.5 Å². The Bertz CT molecular complexity index is 1230. The third-order valence-corrected chi connectivity index (χ3v) is 6.75. The fourth-order valence-electron chi connectivity index (χ4n) is 4.68. The average Bonchev–Trinajstić information content (AvgIpc) is 2.92. The van der Waals surface area contributed by atoms with E-state index in [0.29, 0.717) is 31.5 Å². The molecule has 3 amide bonds. The van der Waals surface area contributed by atoms with E-state index < -0.39 is 12.1 Å². The van der Waals surface area contributed by atoms with E-state index in [1.54, 1.807) is 4.90 Å². The van der Waals surface area contributed by atoms with Crippen LogP contribution in [0, 0.1) is 6.92 Å². The Morgan fingerprint density at radius 1 is 0.946 bits per heavy atom. The smallest absolute Gasteiger partial charge is 0.319 e. The highest BCUT2D eigenvalue weighted by Crippen LogP contribution is 2.26. The largest absolute Gasteiger partial charge is 0.469 e. The van der Waals surface area contributed by atoms with Gasteiger partial charge in [-0.2, -0.15) is 0 Å². The molecule has 0 saturated heterocycles.